The van der Waals surface area contributed by atoms with Crippen LogP contribution in [0.3, 0.4) is 0 Å². The van der Waals surface area contributed by atoms with Gasteiger partial charge in [-0.15, -0.1) is 0 Å². The van der Waals surface area contributed by atoms with E-state index in [1.165, 1.54) is 12.3 Å². The van der Waals surface area contributed by atoms with Gasteiger partial charge in [0.1, 0.15) is 17.8 Å². The summed E-state index contributed by atoms with van der Waals surface area (Å²) in [4.78, 5) is 18.5. The largest absolute Gasteiger partial charge is 0.370 e. The Kier molecular flexibility index (Phi) is 4.23. The van der Waals surface area contributed by atoms with E-state index in [4.69, 9.17) is 0 Å². The molecule has 2 N–H and O–H groups in total. The van der Waals surface area contributed by atoms with E-state index in [0.717, 1.165) is 11.4 Å². The van der Waals surface area contributed by atoms with Crippen molar-refractivity contribution in [3.8, 4) is 11.4 Å². The van der Waals surface area contributed by atoms with Gasteiger partial charge < -0.3 is 5.32 Å². The summed E-state index contributed by atoms with van der Waals surface area (Å²) in [6, 6.07) is 12.7. The van der Waals surface area contributed by atoms with Gasteiger partial charge in [-0.1, -0.05) is 30.3 Å². The lowest BCUT2D eigenvalue weighted by Gasteiger charge is -2.03. The fourth-order valence-electron chi connectivity index (χ4n) is 2.03. The molecule has 0 spiro atoms. The number of aromatic nitrogens is 4. The number of nitrogens with zero attached hydrogens (tertiary/aromatic N) is 4. The number of benzene rings is 1. The second kappa shape index (κ2) is 6.65. The Bertz CT molecular complexity index is 785. The van der Waals surface area contributed by atoms with Crippen LogP contribution < -0.4 is 5.32 Å². The Morgan fingerprint density at radius 1 is 1.17 bits per heavy atom. The number of H-pyrrole nitrogens is 1. The Hall–Kier alpha value is -3.29. The Morgan fingerprint density at radius 2 is 2.00 bits per heavy atom. The van der Waals surface area contributed by atoms with E-state index in [1.807, 2.05) is 30.3 Å². The minimum Gasteiger partial charge on any atom is -0.370 e. The zero-order valence-electron chi connectivity index (χ0n) is 12.1. The first-order valence-electron chi connectivity index (χ1n) is 7.03. The van der Waals surface area contributed by atoms with Gasteiger partial charge in [0, 0.05) is 24.6 Å². The number of nitro groups is 1. The van der Waals surface area contributed by atoms with Gasteiger partial charge in [-0.25, -0.2) is 9.97 Å². The molecule has 0 aliphatic heterocycles. The lowest BCUT2D eigenvalue weighted by Crippen LogP contribution is -2.07. The lowest BCUT2D eigenvalue weighted by atomic mass is 10.2. The summed E-state index contributed by atoms with van der Waals surface area (Å²) in [6.45, 7) is 0.592. The molecule has 3 aromatic rings. The van der Waals surface area contributed by atoms with Gasteiger partial charge in [0.05, 0.1) is 4.92 Å². The Morgan fingerprint density at radius 3 is 2.70 bits per heavy atom. The van der Waals surface area contributed by atoms with Crippen LogP contribution in [-0.4, -0.2) is 31.6 Å². The first kappa shape index (κ1) is 14.6. The lowest BCUT2D eigenvalue weighted by molar-refractivity contribution is -0.385. The summed E-state index contributed by atoms with van der Waals surface area (Å²) in [6.07, 6.45) is 1.86. The van der Waals surface area contributed by atoms with Crippen LogP contribution in [0.25, 0.3) is 11.4 Å². The van der Waals surface area contributed by atoms with E-state index in [9.17, 15) is 10.1 Å². The van der Waals surface area contributed by atoms with Crippen LogP contribution in [0.1, 0.15) is 5.82 Å². The number of anilines is 1. The van der Waals surface area contributed by atoms with Crippen LogP contribution >= 0.6 is 0 Å². The third-order valence-corrected chi connectivity index (χ3v) is 3.19. The Labute approximate surface area is 131 Å². The van der Waals surface area contributed by atoms with Gasteiger partial charge in [-0.3, -0.25) is 15.2 Å². The van der Waals surface area contributed by atoms with Gasteiger partial charge in [0.15, 0.2) is 5.82 Å². The number of pyridine rings is 1. The summed E-state index contributed by atoms with van der Waals surface area (Å²) >= 11 is 0. The summed E-state index contributed by atoms with van der Waals surface area (Å²) in [5.74, 6) is 2.01. The Balaban J connectivity index is 1.55. The maximum Gasteiger partial charge on any atom is 0.287 e. The molecule has 3 rings (SSSR count). The van der Waals surface area contributed by atoms with Crippen LogP contribution in [0.4, 0.5) is 11.5 Å². The van der Waals surface area contributed by atoms with Crippen molar-refractivity contribution in [3.05, 3.63) is 64.6 Å². The van der Waals surface area contributed by atoms with Crippen molar-refractivity contribution in [2.45, 2.75) is 6.42 Å². The minimum atomic E-state index is -0.476. The molecule has 116 valence electrons. The molecule has 0 radical (unpaired) electrons. The SMILES string of the molecule is O=[N+]([O-])c1ccc(NCCc2nc(-c3ccccc3)n[nH]2)nc1. The van der Waals surface area contributed by atoms with Crippen LogP contribution in [0.5, 0.6) is 0 Å². The van der Waals surface area contributed by atoms with Crippen LogP contribution in [0.2, 0.25) is 0 Å². The van der Waals surface area contributed by atoms with Crippen molar-refractivity contribution in [2.75, 3.05) is 11.9 Å². The number of rotatable bonds is 6. The fourth-order valence-corrected chi connectivity index (χ4v) is 2.03. The molecule has 0 unspecified atom stereocenters. The van der Waals surface area contributed by atoms with Crippen LogP contribution in [0.15, 0.2) is 48.7 Å². The molecule has 8 heteroatoms. The summed E-state index contributed by atoms with van der Waals surface area (Å²) in [5.41, 5.74) is 0.929. The monoisotopic (exact) mass is 310 g/mol. The van der Waals surface area contributed by atoms with Crippen molar-refractivity contribution in [2.24, 2.45) is 0 Å². The zero-order valence-corrected chi connectivity index (χ0v) is 12.1. The molecule has 0 aliphatic carbocycles. The van der Waals surface area contributed by atoms with Gasteiger partial charge in [0.2, 0.25) is 0 Å². The standard InChI is InChI=1S/C15H14N6O2/c22-21(23)12-6-7-13(17-10-12)16-9-8-14-18-15(20-19-14)11-4-2-1-3-5-11/h1-7,10H,8-9H2,(H,16,17)(H,18,19,20). The third kappa shape index (κ3) is 3.67. The third-order valence-electron chi connectivity index (χ3n) is 3.19. The van der Waals surface area contributed by atoms with E-state index < -0.39 is 4.92 Å². The topological polar surface area (TPSA) is 110 Å². The smallest absolute Gasteiger partial charge is 0.287 e. The van der Waals surface area contributed by atoms with Crippen molar-refractivity contribution < 1.29 is 4.92 Å². The molecule has 8 nitrogen and oxygen atoms in total. The number of hydrogen-bond donors (Lipinski definition) is 2. The van der Waals surface area contributed by atoms with E-state index >= 15 is 0 Å². The van der Waals surface area contributed by atoms with Crippen molar-refractivity contribution >= 4 is 11.5 Å². The van der Waals surface area contributed by atoms with Crippen molar-refractivity contribution in [1.29, 1.82) is 0 Å². The first-order valence-corrected chi connectivity index (χ1v) is 7.03. The first-order chi connectivity index (χ1) is 11.2. The van der Waals surface area contributed by atoms with Crippen molar-refractivity contribution in [1.82, 2.24) is 20.2 Å². The highest BCUT2D eigenvalue weighted by Crippen LogP contribution is 2.14. The van der Waals surface area contributed by atoms with Gasteiger partial charge in [0.25, 0.3) is 5.69 Å². The molecular weight excluding hydrogens is 296 g/mol. The molecule has 2 aromatic heterocycles. The molecule has 2 heterocycles. The van der Waals surface area contributed by atoms with E-state index in [2.05, 4.69) is 25.5 Å². The highest BCUT2D eigenvalue weighted by atomic mass is 16.6. The summed E-state index contributed by atoms with van der Waals surface area (Å²) in [7, 11) is 0. The van der Waals surface area contributed by atoms with Gasteiger partial charge >= 0.3 is 0 Å². The molecule has 0 saturated carbocycles. The molecular formula is C15H14N6O2. The predicted molar refractivity (Wildman–Crippen MR) is 84.9 cm³/mol. The quantitative estimate of drug-likeness (QED) is 0.534. The van der Waals surface area contributed by atoms with E-state index in [1.54, 1.807) is 6.07 Å². The van der Waals surface area contributed by atoms with Crippen LogP contribution in [0, 0.1) is 10.1 Å². The molecule has 0 aliphatic rings. The molecule has 0 atom stereocenters. The summed E-state index contributed by atoms with van der Waals surface area (Å²) in [5, 5.41) is 20.7. The maximum absolute atomic E-state index is 10.6. The van der Waals surface area contributed by atoms with Gasteiger partial charge in [-0.2, -0.15) is 5.10 Å². The molecule has 0 saturated heterocycles. The second-order valence-electron chi connectivity index (χ2n) is 4.81. The van der Waals surface area contributed by atoms with Crippen LogP contribution in [-0.2, 0) is 6.42 Å². The maximum atomic E-state index is 10.6. The number of nitrogens with one attached hydrogen (secondary N) is 2. The highest BCUT2D eigenvalue weighted by molar-refractivity contribution is 5.53. The number of aromatic amines is 1. The van der Waals surface area contributed by atoms with E-state index in [-0.39, 0.29) is 5.69 Å². The van der Waals surface area contributed by atoms with Gasteiger partial charge in [-0.05, 0) is 6.07 Å². The normalized spacial score (nSPS) is 10.4. The second-order valence-corrected chi connectivity index (χ2v) is 4.81. The highest BCUT2D eigenvalue weighted by Gasteiger charge is 2.07. The van der Waals surface area contributed by atoms with Crippen molar-refractivity contribution in [3.63, 3.8) is 0 Å². The summed E-state index contributed by atoms with van der Waals surface area (Å²) < 4.78 is 0. The average molecular weight is 310 g/mol. The minimum absolute atomic E-state index is 0.0294. The molecule has 0 bridgehead atoms. The molecule has 1 aromatic carbocycles. The van der Waals surface area contributed by atoms with E-state index in [0.29, 0.717) is 24.6 Å². The predicted octanol–water partition coefficient (Wildman–Crippen LogP) is 2.43. The fraction of sp³-hybridized carbons (Fsp3) is 0.133. The average Bonchev–Trinajstić information content (AvgIpc) is 3.05. The molecule has 0 fully saturated rings. The molecule has 0 amide bonds. The molecule has 23 heavy (non-hydrogen) atoms. The zero-order chi connectivity index (χ0) is 16.1. The number of hydrogen-bond acceptors (Lipinski definition) is 6.